The van der Waals surface area contributed by atoms with Crippen LogP contribution in [0.25, 0.3) is 0 Å². The maximum atomic E-state index is 12.2. The number of piperidine rings is 1. The van der Waals surface area contributed by atoms with Crippen molar-refractivity contribution in [1.29, 1.82) is 0 Å². The van der Waals surface area contributed by atoms with Gasteiger partial charge in [-0.05, 0) is 19.8 Å². The van der Waals surface area contributed by atoms with E-state index in [0.29, 0.717) is 5.56 Å². The maximum absolute atomic E-state index is 12.2. The monoisotopic (exact) mass is 300 g/mol. The molecule has 3 rings (SSSR count). The third kappa shape index (κ3) is 3.24. The molecule has 2 aromatic rings. The molecule has 1 amide bonds. The predicted octanol–water partition coefficient (Wildman–Crippen LogP) is 0.917. The standard InChI is InChI=1S/C15H20N6O/c1-11-6-14(17-10-16-11)21-5-3-4-13(9-21)19-15(22)12-7-18-20(2)8-12/h6-8,10,13H,3-5,9H2,1-2H3,(H,19,22). The molecule has 1 atom stereocenters. The predicted molar refractivity (Wildman–Crippen MR) is 82.7 cm³/mol. The van der Waals surface area contributed by atoms with Crippen molar-refractivity contribution in [2.75, 3.05) is 18.0 Å². The number of rotatable bonds is 3. The Labute approximate surface area is 129 Å². The zero-order chi connectivity index (χ0) is 15.5. The van der Waals surface area contributed by atoms with E-state index in [1.807, 2.05) is 13.0 Å². The van der Waals surface area contributed by atoms with Gasteiger partial charge in [0, 0.05) is 44.1 Å². The summed E-state index contributed by atoms with van der Waals surface area (Å²) in [4.78, 5) is 22.9. The summed E-state index contributed by atoms with van der Waals surface area (Å²) in [7, 11) is 1.80. The van der Waals surface area contributed by atoms with Crippen molar-refractivity contribution in [3.05, 3.63) is 36.0 Å². The smallest absolute Gasteiger partial charge is 0.254 e. The van der Waals surface area contributed by atoms with E-state index in [1.54, 1.807) is 30.5 Å². The van der Waals surface area contributed by atoms with Gasteiger partial charge in [0.25, 0.3) is 5.91 Å². The lowest BCUT2D eigenvalue weighted by Gasteiger charge is -2.33. The minimum absolute atomic E-state index is 0.0705. The summed E-state index contributed by atoms with van der Waals surface area (Å²) >= 11 is 0. The van der Waals surface area contributed by atoms with Crippen LogP contribution in [-0.4, -0.2) is 44.8 Å². The molecule has 0 radical (unpaired) electrons. The normalized spacial score (nSPS) is 18.3. The van der Waals surface area contributed by atoms with E-state index in [-0.39, 0.29) is 11.9 Å². The molecule has 116 valence electrons. The van der Waals surface area contributed by atoms with Crippen molar-refractivity contribution in [3.63, 3.8) is 0 Å². The number of nitrogens with zero attached hydrogens (tertiary/aromatic N) is 5. The molecule has 0 spiro atoms. The number of carbonyl (C=O) groups excluding carboxylic acids is 1. The number of nitrogens with one attached hydrogen (secondary N) is 1. The van der Waals surface area contributed by atoms with E-state index in [1.165, 1.54) is 0 Å². The SMILES string of the molecule is Cc1cc(N2CCCC(NC(=O)c3cnn(C)c3)C2)ncn1. The van der Waals surface area contributed by atoms with Crippen LogP contribution in [0.4, 0.5) is 5.82 Å². The van der Waals surface area contributed by atoms with Crippen LogP contribution < -0.4 is 10.2 Å². The lowest BCUT2D eigenvalue weighted by molar-refractivity contribution is 0.0933. The average Bonchev–Trinajstić information content (AvgIpc) is 2.94. The third-order valence-corrected chi connectivity index (χ3v) is 3.84. The fourth-order valence-corrected chi connectivity index (χ4v) is 2.72. The van der Waals surface area contributed by atoms with Crippen LogP contribution in [-0.2, 0) is 7.05 Å². The minimum atomic E-state index is -0.0705. The van der Waals surface area contributed by atoms with Crippen molar-refractivity contribution in [3.8, 4) is 0 Å². The van der Waals surface area contributed by atoms with E-state index >= 15 is 0 Å². The first-order valence-electron chi connectivity index (χ1n) is 7.45. The molecule has 1 saturated heterocycles. The topological polar surface area (TPSA) is 75.9 Å². The van der Waals surface area contributed by atoms with Crippen LogP contribution in [0.1, 0.15) is 28.9 Å². The van der Waals surface area contributed by atoms with Crippen molar-refractivity contribution >= 4 is 11.7 Å². The molecule has 7 heteroatoms. The summed E-state index contributed by atoms with van der Waals surface area (Å²) in [6.45, 7) is 3.68. The first-order chi connectivity index (χ1) is 10.6. The molecular weight excluding hydrogens is 280 g/mol. The Morgan fingerprint density at radius 3 is 3.00 bits per heavy atom. The fraction of sp³-hybridized carbons (Fsp3) is 0.467. The Kier molecular flexibility index (Phi) is 4.04. The van der Waals surface area contributed by atoms with Gasteiger partial charge in [0.2, 0.25) is 0 Å². The van der Waals surface area contributed by atoms with E-state index in [4.69, 9.17) is 0 Å². The van der Waals surface area contributed by atoms with Gasteiger partial charge in [-0.1, -0.05) is 0 Å². The van der Waals surface area contributed by atoms with E-state index in [2.05, 4.69) is 25.3 Å². The Bertz CT molecular complexity index is 668. The lowest BCUT2D eigenvalue weighted by Crippen LogP contribution is -2.48. The number of aryl methyl sites for hydroxylation is 2. The second kappa shape index (κ2) is 6.13. The molecule has 0 bridgehead atoms. The van der Waals surface area contributed by atoms with Gasteiger partial charge in [0.05, 0.1) is 11.8 Å². The molecule has 0 aromatic carbocycles. The van der Waals surface area contributed by atoms with Crippen molar-refractivity contribution in [1.82, 2.24) is 25.1 Å². The van der Waals surface area contributed by atoms with Crippen LogP contribution in [0.15, 0.2) is 24.8 Å². The zero-order valence-corrected chi connectivity index (χ0v) is 12.9. The molecule has 1 unspecified atom stereocenters. The van der Waals surface area contributed by atoms with Crippen LogP contribution in [0.2, 0.25) is 0 Å². The van der Waals surface area contributed by atoms with Crippen molar-refractivity contribution in [2.24, 2.45) is 7.05 Å². The van der Waals surface area contributed by atoms with Gasteiger partial charge in [-0.3, -0.25) is 9.48 Å². The summed E-state index contributed by atoms with van der Waals surface area (Å²) in [5.41, 5.74) is 1.55. The number of hydrogen-bond acceptors (Lipinski definition) is 5. The van der Waals surface area contributed by atoms with Gasteiger partial charge >= 0.3 is 0 Å². The number of carbonyl (C=O) groups is 1. The van der Waals surface area contributed by atoms with Gasteiger partial charge in [0.15, 0.2) is 0 Å². The Balaban J connectivity index is 1.64. The number of anilines is 1. The van der Waals surface area contributed by atoms with Gasteiger partial charge in [-0.25, -0.2) is 9.97 Å². The summed E-state index contributed by atoms with van der Waals surface area (Å²) in [6.07, 6.45) is 6.91. The second-order valence-corrected chi connectivity index (χ2v) is 5.68. The largest absolute Gasteiger partial charge is 0.354 e. The fourth-order valence-electron chi connectivity index (χ4n) is 2.72. The van der Waals surface area contributed by atoms with Crippen LogP contribution >= 0.6 is 0 Å². The second-order valence-electron chi connectivity index (χ2n) is 5.68. The summed E-state index contributed by atoms with van der Waals surface area (Å²) in [6, 6.07) is 2.10. The summed E-state index contributed by atoms with van der Waals surface area (Å²) < 4.78 is 1.63. The van der Waals surface area contributed by atoms with E-state index in [0.717, 1.165) is 37.4 Å². The quantitative estimate of drug-likeness (QED) is 0.912. The first-order valence-corrected chi connectivity index (χ1v) is 7.45. The van der Waals surface area contributed by atoms with E-state index in [9.17, 15) is 4.79 Å². The average molecular weight is 300 g/mol. The summed E-state index contributed by atoms with van der Waals surface area (Å²) in [5.74, 6) is 0.853. The minimum Gasteiger partial charge on any atom is -0.354 e. The summed E-state index contributed by atoms with van der Waals surface area (Å²) in [5, 5.41) is 7.12. The third-order valence-electron chi connectivity index (χ3n) is 3.84. The number of aromatic nitrogens is 4. The molecule has 0 saturated carbocycles. The molecule has 7 nitrogen and oxygen atoms in total. The molecular formula is C15H20N6O. The zero-order valence-electron chi connectivity index (χ0n) is 12.9. The lowest BCUT2D eigenvalue weighted by atomic mass is 10.1. The Morgan fingerprint density at radius 1 is 1.41 bits per heavy atom. The molecule has 0 aliphatic carbocycles. The molecule has 1 aliphatic heterocycles. The van der Waals surface area contributed by atoms with Crippen LogP contribution in [0, 0.1) is 6.92 Å². The van der Waals surface area contributed by atoms with Gasteiger partial charge in [-0.15, -0.1) is 0 Å². The molecule has 1 aliphatic rings. The highest BCUT2D eigenvalue weighted by Crippen LogP contribution is 2.18. The first kappa shape index (κ1) is 14.5. The van der Waals surface area contributed by atoms with Gasteiger partial charge in [-0.2, -0.15) is 5.10 Å². The molecule has 2 aromatic heterocycles. The van der Waals surface area contributed by atoms with Crippen molar-refractivity contribution < 1.29 is 4.79 Å². The maximum Gasteiger partial charge on any atom is 0.254 e. The molecule has 3 heterocycles. The molecule has 1 N–H and O–H groups in total. The van der Waals surface area contributed by atoms with E-state index < -0.39 is 0 Å². The highest BCUT2D eigenvalue weighted by molar-refractivity contribution is 5.93. The van der Waals surface area contributed by atoms with Crippen LogP contribution in [0.3, 0.4) is 0 Å². The molecule has 22 heavy (non-hydrogen) atoms. The number of hydrogen-bond donors (Lipinski definition) is 1. The van der Waals surface area contributed by atoms with Gasteiger partial charge in [0.1, 0.15) is 12.1 Å². The Morgan fingerprint density at radius 2 is 2.27 bits per heavy atom. The molecule has 1 fully saturated rings. The number of amides is 1. The van der Waals surface area contributed by atoms with Crippen molar-refractivity contribution in [2.45, 2.75) is 25.8 Å². The van der Waals surface area contributed by atoms with Gasteiger partial charge < -0.3 is 10.2 Å². The highest BCUT2D eigenvalue weighted by Gasteiger charge is 2.23. The van der Waals surface area contributed by atoms with Crippen LogP contribution in [0.5, 0.6) is 0 Å². The highest BCUT2D eigenvalue weighted by atomic mass is 16.1. The Hall–Kier alpha value is -2.44.